The minimum atomic E-state index is -0.673. The van der Waals surface area contributed by atoms with Crippen LogP contribution in [-0.4, -0.2) is 0 Å². The molecule has 0 fully saturated rings. The third-order valence-corrected chi connectivity index (χ3v) is 16.8. The summed E-state index contributed by atoms with van der Waals surface area (Å²) in [7, 11) is 0. The summed E-state index contributed by atoms with van der Waals surface area (Å²) in [6.45, 7) is 0. The van der Waals surface area contributed by atoms with E-state index in [0.717, 1.165) is 72.8 Å². The van der Waals surface area contributed by atoms with Crippen molar-refractivity contribution in [1.29, 1.82) is 0 Å². The molecule has 77 heavy (non-hydrogen) atoms. The molecule has 1 spiro atoms. The molecule has 0 bridgehead atoms. The van der Waals surface area contributed by atoms with Crippen molar-refractivity contribution in [2.24, 2.45) is 0 Å². The molecule has 2 aliphatic carbocycles. The molecule has 12 aromatic carbocycles. The summed E-state index contributed by atoms with van der Waals surface area (Å²) in [6, 6.07) is 104. The normalized spacial score (nSPS) is 15.0. The number of benzene rings is 12. The summed E-state index contributed by atoms with van der Waals surface area (Å²) in [5.74, 6) is 1.70. The fraction of sp³-hybridized carbons (Fsp3) is 0.0270. The Morgan fingerprint density at radius 3 is 1.61 bits per heavy atom. The van der Waals surface area contributed by atoms with Crippen LogP contribution in [0.3, 0.4) is 0 Å². The Bertz CT molecular complexity index is 4450. The van der Waals surface area contributed by atoms with E-state index in [-0.39, 0.29) is 0 Å². The molecule has 1 aliphatic heterocycles. The van der Waals surface area contributed by atoms with E-state index in [4.69, 9.17) is 9.15 Å². The van der Waals surface area contributed by atoms with E-state index in [1.165, 1.54) is 66.8 Å². The highest BCUT2D eigenvalue weighted by Gasteiger charge is 2.52. The largest absolute Gasteiger partial charge is 0.457 e. The van der Waals surface area contributed by atoms with Crippen molar-refractivity contribution in [3.63, 3.8) is 0 Å². The molecule has 0 N–H and O–H groups in total. The second kappa shape index (κ2) is 16.8. The van der Waals surface area contributed by atoms with Gasteiger partial charge in [-0.25, -0.2) is 0 Å². The highest BCUT2D eigenvalue weighted by Crippen LogP contribution is 2.64. The second-order valence-corrected chi connectivity index (χ2v) is 20.6. The molecule has 13 aromatic rings. The molecule has 360 valence electrons. The molecule has 0 saturated heterocycles. The fourth-order valence-electron chi connectivity index (χ4n) is 13.8. The lowest BCUT2D eigenvalue weighted by Gasteiger charge is -2.40. The van der Waals surface area contributed by atoms with Gasteiger partial charge in [-0.1, -0.05) is 224 Å². The Labute approximate surface area is 447 Å². The highest BCUT2D eigenvalue weighted by atomic mass is 16.5. The maximum atomic E-state index is 7.03. The van der Waals surface area contributed by atoms with Gasteiger partial charge in [0.25, 0.3) is 0 Å². The predicted molar refractivity (Wildman–Crippen MR) is 314 cm³/mol. The topological polar surface area (TPSA) is 25.6 Å². The SMILES string of the molecule is c1ccc(-c2ccc3oc4cccc(N(c5cccc(C6(c7ccccc7)c7ccccc7-c7c(-c8ccccc8)cccc76)c5)c5ccc6c(c5)C5(c7ccccc7O6)c6ccccc6-c6ccccc65)c4c3c2)cc1. The molecule has 0 amide bonds. The lowest BCUT2D eigenvalue weighted by molar-refractivity contribution is 0.436. The average molecular weight is 982 g/mol. The summed E-state index contributed by atoms with van der Waals surface area (Å²) in [4.78, 5) is 2.47. The third kappa shape index (κ3) is 6.14. The van der Waals surface area contributed by atoms with Crippen molar-refractivity contribution in [2.75, 3.05) is 4.90 Å². The maximum Gasteiger partial charge on any atom is 0.137 e. The molecule has 3 aliphatic rings. The number of para-hydroxylation sites is 1. The van der Waals surface area contributed by atoms with Gasteiger partial charge in [0.15, 0.2) is 0 Å². The zero-order valence-electron chi connectivity index (χ0n) is 41.9. The molecule has 3 heteroatoms. The van der Waals surface area contributed by atoms with Crippen LogP contribution in [0, 0.1) is 0 Å². The van der Waals surface area contributed by atoms with Crippen LogP contribution in [-0.2, 0) is 10.8 Å². The van der Waals surface area contributed by atoms with Gasteiger partial charge in [-0.15, -0.1) is 0 Å². The number of fused-ring (bicyclic) bond motifs is 15. The van der Waals surface area contributed by atoms with Crippen molar-refractivity contribution in [3.8, 4) is 56.0 Å². The van der Waals surface area contributed by atoms with Gasteiger partial charge in [-0.3, -0.25) is 0 Å². The quantitative estimate of drug-likeness (QED) is 0.159. The summed E-state index contributed by atoms with van der Waals surface area (Å²) in [5, 5.41) is 2.09. The first kappa shape index (κ1) is 43.4. The van der Waals surface area contributed by atoms with Gasteiger partial charge in [0, 0.05) is 27.9 Å². The molecular weight excluding hydrogens is 935 g/mol. The molecule has 3 nitrogen and oxygen atoms in total. The molecule has 1 unspecified atom stereocenters. The number of rotatable bonds is 7. The first-order valence-corrected chi connectivity index (χ1v) is 26.6. The fourth-order valence-corrected chi connectivity index (χ4v) is 13.8. The van der Waals surface area contributed by atoms with Crippen molar-refractivity contribution >= 4 is 39.0 Å². The van der Waals surface area contributed by atoms with Crippen molar-refractivity contribution < 1.29 is 9.15 Å². The van der Waals surface area contributed by atoms with Gasteiger partial charge in [0.1, 0.15) is 22.7 Å². The zero-order valence-corrected chi connectivity index (χ0v) is 41.9. The molecule has 0 saturated carbocycles. The number of nitrogens with zero attached hydrogens (tertiary/aromatic N) is 1. The van der Waals surface area contributed by atoms with E-state index in [1.54, 1.807) is 0 Å². The molecule has 16 rings (SSSR count). The lowest BCUT2D eigenvalue weighted by Crippen LogP contribution is -2.32. The van der Waals surface area contributed by atoms with Crippen LogP contribution < -0.4 is 9.64 Å². The van der Waals surface area contributed by atoms with E-state index in [1.807, 2.05) is 0 Å². The number of anilines is 3. The van der Waals surface area contributed by atoms with Gasteiger partial charge >= 0.3 is 0 Å². The lowest BCUT2D eigenvalue weighted by atomic mass is 9.66. The van der Waals surface area contributed by atoms with Gasteiger partial charge in [-0.2, -0.15) is 0 Å². The maximum absolute atomic E-state index is 7.03. The van der Waals surface area contributed by atoms with E-state index in [2.05, 4.69) is 290 Å². The third-order valence-electron chi connectivity index (χ3n) is 16.8. The molecule has 0 radical (unpaired) electrons. The van der Waals surface area contributed by atoms with Crippen LogP contribution in [0.25, 0.3) is 66.4 Å². The number of furan rings is 1. The van der Waals surface area contributed by atoms with E-state index in [9.17, 15) is 0 Å². The van der Waals surface area contributed by atoms with Crippen LogP contribution in [0.4, 0.5) is 17.1 Å². The smallest absolute Gasteiger partial charge is 0.137 e. The Morgan fingerprint density at radius 2 is 0.857 bits per heavy atom. The Balaban J connectivity index is 0.992. The zero-order chi connectivity index (χ0) is 50.7. The molecule has 1 aromatic heterocycles. The standard InChI is InChI=1S/C74H47NO2/c1-4-21-48(22-5-1)50-41-43-67-59(45-50)72-66(38-20-40-70(72)76-67)75(54-42-44-69-65(47-54)74(63-36-16-17-39-68(63)77-69)60-33-13-10-29-56(60)57-30-11-14-34-61(57)74)53-28-18-27-52(46-53)73(51-25-8-3-9-26-51)62-35-15-12-31-58(62)71-55(32-19-37-64(71)73)49-23-6-2-7-24-49/h1-47H. The minimum absolute atomic E-state index is 0.662. The van der Waals surface area contributed by atoms with Crippen molar-refractivity contribution in [2.45, 2.75) is 10.8 Å². The van der Waals surface area contributed by atoms with Gasteiger partial charge in [0.2, 0.25) is 0 Å². The second-order valence-electron chi connectivity index (χ2n) is 20.6. The summed E-state index contributed by atoms with van der Waals surface area (Å²) in [6.07, 6.45) is 0. The molecular formula is C74H47NO2. The van der Waals surface area contributed by atoms with Gasteiger partial charge < -0.3 is 14.1 Å². The Morgan fingerprint density at radius 1 is 0.299 bits per heavy atom. The summed E-state index contributed by atoms with van der Waals surface area (Å²) in [5.41, 5.74) is 22.7. The van der Waals surface area contributed by atoms with Crippen molar-refractivity contribution in [1.82, 2.24) is 0 Å². The predicted octanol–water partition coefficient (Wildman–Crippen LogP) is 19.2. The Hall–Kier alpha value is -9.96. The average Bonchev–Trinajstić information content (AvgIpc) is 4.17. The van der Waals surface area contributed by atoms with Crippen LogP contribution >= 0.6 is 0 Å². The molecule has 2 heterocycles. The van der Waals surface area contributed by atoms with Crippen molar-refractivity contribution in [3.05, 3.63) is 330 Å². The first-order valence-electron chi connectivity index (χ1n) is 26.6. The van der Waals surface area contributed by atoms with E-state index >= 15 is 0 Å². The summed E-state index contributed by atoms with van der Waals surface area (Å²) >= 11 is 0. The van der Waals surface area contributed by atoms with Crippen LogP contribution in [0.15, 0.2) is 290 Å². The molecule has 1 atom stereocenters. The first-order chi connectivity index (χ1) is 38.2. The van der Waals surface area contributed by atoms with Gasteiger partial charge in [-0.05, 0) is 139 Å². The number of ether oxygens (including phenoxy) is 1. The minimum Gasteiger partial charge on any atom is -0.457 e. The number of hydrogen-bond acceptors (Lipinski definition) is 3. The monoisotopic (exact) mass is 981 g/mol. The van der Waals surface area contributed by atoms with Crippen LogP contribution in [0.5, 0.6) is 11.5 Å². The number of hydrogen-bond donors (Lipinski definition) is 0. The van der Waals surface area contributed by atoms with E-state index in [0.29, 0.717) is 0 Å². The van der Waals surface area contributed by atoms with Crippen LogP contribution in [0.1, 0.15) is 44.5 Å². The Kier molecular flexibility index (Phi) is 9.47. The summed E-state index contributed by atoms with van der Waals surface area (Å²) < 4.78 is 13.9. The van der Waals surface area contributed by atoms with Crippen LogP contribution in [0.2, 0.25) is 0 Å². The van der Waals surface area contributed by atoms with E-state index < -0.39 is 10.8 Å². The van der Waals surface area contributed by atoms with Gasteiger partial charge in [0.05, 0.1) is 21.9 Å². The highest BCUT2D eigenvalue weighted by molar-refractivity contribution is 6.14.